The number of halogens is 3. The third-order valence-corrected chi connectivity index (χ3v) is 5.74. The van der Waals surface area contributed by atoms with Crippen LogP contribution in [0, 0.1) is 17.5 Å². The summed E-state index contributed by atoms with van der Waals surface area (Å²) in [7, 11) is 0. The molecule has 0 spiro atoms. The van der Waals surface area contributed by atoms with Gasteiger partial charge in [-0.2, -0.15) is 0 Å². The zero-order valence-electron chi connectivity index (χ0n) is 20.0. The topological polar surface area (TPSA) is 35.5 Å². The summed E-state index contributed by atoms with van der Waals surface area (Å²) >= 11 is 0. The van der Waals surface area contributed by atoms with Crippen LogP contribution in [0.3, 0.4) is 0 Å². The van der Waals surface area contributed by atoms with Crippen LogP contribution >= 0.6 is 0 Å². The van der Waals surface area contributed by atoms with Crippen molar-refractivity contribution in [3.8, 4) is 33.8 Å². The number of hydrogen-bond donors (Lipinski definition) is 0. The highest BCUT2D eigenvalue weighted by molar-refractivity contribution is 5.92. The van der Waals surface area contributed by atoms with E-state index in [9.17, 15) is 18.0 Å². The number of hydrogen-bond acceptors (Lipinski definition) is 3. The lowest BCUT2D eigenvalue weighted by molar-refractivity contribution is 0.0728. The Morgan fingerprint density at radius 3 is 2.06 bits per heavy atom. The summed E-state index contributed by atoms with van der Waals surface area (Å²) in [6, 6.07) is 20.7. The second kappa shape index (κ2) is 11.1. The highest BCUT2D eigenvalue weighted by atomic mass is 19.2. The molecule has 0 saturated carbocycles. The molecular formula is C30H25F3O3. The normalized spacial score (nSPS) is 10.8. The lowest BCUT2D eigenvalue weighted by Crippen LogP contribution is -2.12. The Balaban J connectivity index is 1.49. The zero-order valence-corrected chi connectivity index (χ0v) is 20.0. The van der Waals surface area contributed by atoms with Crippen LogP contribution in [0.2, 0.25) is 0 Å². The molecule has 0 unspecified atom stereocenters. The Morgan fingerprint density at radius 2 is 1.42 bits per heavy atom. The molecule has 0 radical (unpaired) electrons. The van der Waals surface area contributed by atoms with Gasteiger partial charge in [-0.1, -0.05) is 61.9 Å². The van der Waals surface area contributed by atoms with Gasteiger partial charge in [0, 0.05) is 5.56 Å². The van der Waals surface area contributed by atoms with Crippen LogP contribution in [0.25, 0.3) is 22.3 Å². The maximum atomic E-state index is 14.8. The number of ether oxygens (including phenoxy) is 2. The first-order chi connectivity index (χ1) is 17.4. The number of benzene rings is 4. The SMILES string of the molecule is CCCc1ccc(-c2ccc(C(=O)Oc3ccc(-c4ccc(OCC)c(F)c4)cc3)c(F)c2F)cc1. The van der Waals surface area contributed by atoms with Crippen LogP contribution < -0.4 is 9.47 Å². The number of carbonyl (C=O) groups is 1. The number of aryl methyl sites for hydroxylation is 1. The molecule has 0 N–H and O–H groups in total. The van der Waals surface area contributed by atoms with Gasteiger partial charge >= 0.3 is 5.97 Å². The first kappa shape index (κ1) is 25.0. The van der Waals surface area contributed by atoms with Gasteiger partial charge in [-0.25, -0.2) is 18.0 Å². The van der Waals surface area contributed by atoms with E-state index in [-0.39, 0.29) is 17.1 Å². The molecule has 0 fully saturated rings. The molecule has 0 aliphatic carbocycles. The summed E-state index contributed by atoms with van der Waals surface area (Å²) in [5.41, 5.74) is 2.49. The summed E-state index contributed by atoms with van der Waals surface area (Å²) in [4.78, 5) is 12.6. The van der Waals surface area contributed by atoms with E-state index in [1.54, 1.807) is 43.3 Å². The molecule has 184 valence electrons. The van der Waals surface area contributed by atoms with Gasteiger partial charge in [0.25, 0.3) is 0 Å². The Kier molecular flexibility index (Phi) is 7.74. The second-order valence-electron chi connectivity index (χ2n) is 8.23. The van der Waals surface area contributed by atoms with Gasteiger partial charge < -0.3 is 9.47 Å². The largest absolute Gasteiger partial charge is 0.491 e. The molecule has 36 heavy (non-hydrogen) atoms. The second-order valence-corrected chi connectivity index (χ2v) is 8.23. The minimum Gasteiger partial charge on any atom is -0.491 e. The van der Waals surface area contributed by atoms with E-state index in [1.165, 1.54) is 30.3 Å². The summed E-state index contributed by atoms with van der Waals surface area (Å²) in [6.07, 6.45) is 1.89. The first-order valence-electron chi connectivity index (χ1n) is 11.7. The van der Waals surface area contributed by atoms with Crippen molar-refractivity contribution < 1.29 is 27.4 Å². The molecule has 0 heterocycles. The van der Waals surface area contributed by atoms with E-state index < -0.39 is 29.0 Å². The summed E-state index contributed by atoms with van der Waals surface area (Å²) in [5.74, 6) is -3.57. The maximum absolute atomic E-state index is 14.8. The maximum Gasteiger partial charge on any atom is 0.346 e. The Bertz CT molecular complexity index is 1360. The fraction of sp³-hybridized carbons (Fsp3) is 0.167. The molecule has 4 rings (SSSR count). The Labute approximate surface area is 208 Å². The molecule has 4 aromatic carbocycles. The van der Waals surface area contributed by atoms with Gasteiger partial charge in [0.15, 0.2) is 23.2 Å². The fourth-order valence-corrected chi connectivity index (χ4v) is 3.90. The van der Waals surface area contributed by atoms with Crippen molar-refractivity contribution >= 4 is 5.97 Å². The highest BCUT2D eigenvalue weighted by Crippen LogP contribution is 2.29. The van der Waals surface area contributed by atoms with Gasteiger partial charge in [-0.05, 0) is 65.9 Å². The summed E-state index contributed by atoms with van der Waals surface area (Å²) in [5, 5.41) is 0. The van der Waals surface area contributed by atoms with Gasteiger partial charge in [0.05, 0.1) is 12.2 Å². The van der Waals surface area contributed by atoms with Crippen molar-refractivity contribution in [1.29, 1.82) is 0 Å². The smallest absolute Gasteiger partial charge is 0.346 e. The molecular weight excluding hydrogens is 465 g/mol. The van der Waals surface area contributed by atoms with Gasteiger partial charge in [0.1, 0.15) is 5.75 Å². The van der Waals surface area contributed by atoms with E-state index in [0.29, 0.717) is 23.3 Å². The van der Waals surface area contributed by atoms with Crippen molar-refractivity contribution in [1.82, 2.24) is 0 Å². The van der Waals surface area contributed by atoms with Gasteiger partial charge in [-0.15, -0.1) is 0 Å². The molecule has 3 nitrogen and oxygen atoms in total. The van der Waals surface area contributed by atoms with E-state index in [1.807, 2.05) is 12.1 Å². The van der Waals surface area contributed by atoms with Crippen molar-refractivity contribution in [2.24, 2.45) is 0 Å². The van der Waals surface area contributed by atoms with Crippen LogP contribution in [0.15, 0.2) is 78.9 Å². The van der Waals surface area contributed by atoms with Crippen molar-refractivity contribution in [2.45, 2.75) is 26.7 Å². The van der Waals surface area contributed by atoms with E-state index in [4.69, 9.17) is 9.47 Å². The molecule has 0 aromatic heterocycles. The minimum absolute atomic E-state index is 0.0686. The monoisotopic (exact) mass is 490 g/mol. The number of carbonyl (C=O) groups excluding carboxylic acids is 1. The summed E-state index contributed by atoms with van der Waals surface area (Å²) in [6.45, 7) is 4.20. The lowest BCUT2D eigenvalue weighted by Gasteiger charge is -2.10. The highest BCUT2D eigenvalue weighted by Gasteiger charge is 2.21. The molecule has 0 bridgehead atoms. The van der Waals surface area contributed by atoms with Crippen molar-refractivity contribution in [3.05, 3.63) is 107 Å². The molecule has 0 atom stereocenters. The van der Waals surface area contributed by atoms with Crippen LogP contribution in [0.4, 0.5) is 13.2 Å². The van der Waals surface area contributed by atoms with Crippen LogP contribution in [-0.2, 0) is 6.42 Å². The van der Waals surface area contributed by atoms with E-state index in [2.05, 4.69) is 6.92 Å². The average molecular weight is 491 g/mol. The standard InChI is InChI=1S/C30H25F3O3/c1-3-5-19-6-8-21(9-7-19)24-15-16-25(29(33)28(24)32)30(34)36-23-13-10-20(11-14-23)22-12-17-27(35-4-2)26(31)18-22/h6-18H,3-5H2,1-2H3. The fourth-order valence-electron chi connectivity index (χ4n) is 3.90. The van der Waals surface area contributed by atoms with E-state index >= 15 is 0 Å². The molecule has 0 amide bonds. The molecule has 0 aliphatic heterocycles. The molecule has 0 saturated heterocycles. The van der Waals surface area contributed by atoms with Crippen molar-refractivity contribution in [3.63, 3.8) is 0 Å². The number of rotatable bonds is 8. The third kappa shape index (κ3) is 5.43. The predicted octanol–water partition coefficient (Wildman–Crippen LogP) is 8.01. The van der Waals surface area contributed by atoms with E-state index in [0.717, 1.165) is 18.4 Å². The quantitative estimate of drug-likeness (QED) is 0.185. The van der Waals surface area contributed by atoms with Gasteiger partial charge in [-0.3, -0.25) is 0 Å². The third-order valence-electron chi connectivity index (χ3n) is 5.74. The molecule has 0 aliphatic rings. The molecule has 4 aromatic rings. The van der Waals surface area contributed by atoms with Crippen LogP contribution in [0.5, 0.6) is 11.5 Å². The van der Waals surface area contributed by atoms with Crippen LogP contribution in [-0.4, -0.2) is 12.6 Å². The Morgan fingerprint density at radius 1 is 0.750 bits per heavy atom. The Hall–Kier alpha value is -4.06. The number of esters is 1. The molecule has 6 heteroatoms. The van der Waals surface area contributed by atoms with Gasteiger partial charge in [0.2, 0.25) is 0 Å². The predicted molar refractivity (Wildman–Crippen MR) is 134 cm³/mol. The average Bonchev–Trinajstić information content (AvgIpc) is 2.88. The minimum atomic E-state index is -1.27. The first-order valence-corrected chi connectivity index (χ1v) is 11.7. The van der Waals surface area contributed by atoms with Crippen LogP contribution in [0.1, 0.15) is 36.2 Å². The zero-order chi connectivity index (χ0) is 25.7. The lowest BCUT2D eigenvalue weighted by atomic mass is 10.00. The van der Waals surface area contributed by atoms with Crippen molar-refractivity contribution in [2.75, 3.05) is 6.61 Å². The summed E-state index contributed by atoms with van der Waals surface area (Å²) < 4.78 is 54.2.